The Balaban J connectivity index is 2.00. The second-order valence-electron chi connectivity index (χ2n) is 6.20. The predicted octanol–water partition coefficient (Wildman–Crippen LogP) is 2.04. The molecule has 146 valence electrons. The minimum atomic E-state index is -0.588. The number of ether oxygens (including phenoxy) is 2. The van der Waals surface area contributed by atoms with Crippen molar-refractivity contribution in [3.63, 3.8) is 0 Å². The van der Waals surface area contributed by atoms with Crippen LogP contribution in [0.5, 0.6) is 5.75 Å². The molecule has 1 heterocycles. The second-order valence-corrected chi connectivity index (χ2v) is 6.20. The summed E-state index contributed by atoms with van der Waals surface area (Å²) in [6.45, 7) is 0.0150. The number of hydrogen-bond acceptors (Lipinski definition) is 6. The number of aliphatic hydroxyl groups excluding tert-OH is 1. The molecule has 0 unspecified atom stereocenters. The van der Waals surface area contributed by atoms with Gasteiger partial charge in [0.25, 0.3) is 5.91 Å². The molecular weight excluding hydrogens is 360 g/mol. The zero-order valence-electron chi connectivity index (χ0n) is 15.8. The van der Waals surface area contributed by atoms with Crippen molar-refractivity contribution < 1.29 is 24.2 Å². The predicted molar refractivity (Wildman–Crippen MR) is 105 cm³/mol. The zero-order valence-corrected chi connectivity index (χ0v) is 15.8. The third kappa shape index (κ3) is 3.84. The highest BCUT2D eigenvalue weighted by molar-refractivity contribution is 6.08. The molecule has 0 fully saturated rings. The van der Waals surface area contributed by atoms with Gasteiger partial charge in [0.2, 0.25) is 0 Å². The summed E-state index contributed by atoms with van der Waals surface area (Å²) >= 11 is 0. The number of rotatable bonds is 7. The standard InChI is InChI=1S/C21H22N2O5/c1-27-18-9-8-15(14-6-4-3-5-7-14)12-17(18)22-19-16(21(26)28-2)13-23(10-11-24)20(19)25/h3-9,12,22,24H,10-11,13H2,1-2H3. The van der Waals surface area contributed by atoms with E-state index in [0.29, 0.717) is 11.4 Å². The monoisotopic (exact) mass is 382 g/mol. The van der Waals surface area contributed by atoms with E-state index in [2.05, 4.69) is 5.32 Å². The first-order chi connectivity index (χ1) is 13.6. The molecule has 2 aromatic carbocycles. The van der Waals surface area contributed by atoms with Gasteiger partial charge in [-0.05, 0) is 23.3 Å². The summed E-state index contributed by atoms with van der Waals surface area (Å²) in [7, 11) is 2.80. The largest absolute Gasteiger partial charge is 0.495 e. The number of aliphatic hydroxyl groups is 1. The number of anilines is 1. The van der Waals surface area contributed by atoms with E-state index in [9.17, 15) is 14.7 Å². The first kappa shape index (κ1) is 19.4. The molecule has 1 aliphatic rings. The summed E-state index contributed by atoms with van der Waals surface area (Å²) in [5.74, 6) is -0.430. The summed E-state index contributed by atoms with van der Waals surface area (Å²) in [5.41, 5.74) is 2.84. The van der Waals surface area contributed by atoms with Gasteiger partial charge in [-0.15, -0.1) is 0 Å². The highest BCUT2D eigenvalue weighted by Gasteiger charge is 2.34. The van der Waals surface area contributed by atoms with Gasteiger partial charge in [-0.2, -0.15) is 0 Å². The van der Waals surface area contributed by atoms with E-state index in [1.807, 2.05) is 42.5 Å². The lowest BCUT2D eigenvalue weighted by Gasteiger charge is -2.16. The number of β-amino-alcohol motifs (C(OH)–C–C–N with tert-alkyl or cyclic N) is 1. The summed E-state index contributed by atoms with van der Waals surface area (Å²) in [6, 6.07) is 15.4. The Morgan fingerprint density at radius 3 is 2.54 bits per heavy atom. The number of esters is 1. The van der Waals surface area contributed by atoms with Crippen LogP contribution in [0.2, 0.25) is 0 Å². The molecule has 0 saturated carbocycles. The van der Waals surface area contributed by atoms with E-state index in [0.717, 1.165) is 11.1 Å². The molecule has 7 heteroatoms. The maximum absolute atomic E-state index is 12.7. The molecule has 0 aliphatic carbocycles. The fourth-order valence-corrected chi connectivity index (χ4v) is 3.10. The van der Waals surface area contributed by atoms with Crippen molar-refractivity contribution in [2.24, 2.45) is 0 Å². The third-order valence-electron chi connectivity index (χ3n) is 4.52. The molecule has 1 amide bonds. The highest BCUT2D eigenvalue weighted by atomic mass is 16.5. The summed E-state index contributed by atoms with van der Waals surface area (Å²) in [4.78, 5) is 26.3. The Morgan fingerprint density at radius 2 is 1.89 bits per heavy atom. The van der Waals surface area contributed by atoms with Crippen molar-refractivity contribution >= 4 is 17.6 Å². The average Bonchev–Trinajstić information content (AvgIpc) is 3.04. The summed E-state index contributed by atoms with van der Waals surface area (Å²) in [6.07, 6.45) is 0. The van der Waals surface area contributed by atoms with Crippen LogP contribution in [-0.2, 0) is 14.3 Å². The van der Waals surface area contributed by atoms with Gasteiger partial charge in [0.15, 0.2) is 0 Å². The van der Waals surface area contributed by atoms with Crippen molar-refractivity contribution in [2.45, 2.75) is 0 Å². The van der Waals surface area contributed by atoms with Crippen LogP contribution in [0.4, 0.5) is 5.69 Å². The lowest BCUT2D eigenvalue weighted by atomic mass is 10.0. The number of carbonyl (C=O) groups is 2. The fraction of sp³-hybridized carbons (Fsp3) is 0.238. The highest BCUT2D eigenvalue weighted by Crippen LogP contribution is 2.33. The molecule has 2 aromatic rings. The first-order valence-electron chi connectivity index (χ1n) is 8.81. The van der Waals surface area contributed by atoms with Gasteiger partial charge in [0.05, 0.1) is 38.6 Å². The third-order valence-corrected chi connectivity index (χ3v) is 4.52. The van der Waals surface area contributed by atoms with Crippen LogP contribution in [0.3, 0.4) is 0 Å². The molecule has 2 N–H and O–H groups in total. The van der Waals surface area contributed by atoms with Crippen molar-refractivity contribution in [1.82, 2.24) is 4.90 Å². The first-order valence-corrected chi connectivity index (χ1v) is 8.81. The molecule has 1 aliphatic heterocycles. The van der Waals surface area contributed by atoms with Gasteiger partial charge in [-0.3, -0.25) is 4.79 Å². The minimum absolute atomic E-state index is 0.0785. The molecule has 0 saturated heterocycles. The number of nitrogens with zero attached hydrogens (tertiary/aromatic N) is 1. The summed E-state index contributed by atoms with van der Waals surface area (Å²) < 4.78 is 10.2. The minimum Gasteiger partial charge on any atom is -0.495 e. The van der Waals surface area contributed by atoms with E-state index in [-0.39, 0.29) is 36.9 Å². The van der Waals surface area contributed by atoms with Gasteiger partial charge >= 0.3 is 5.97 Å². The maximum Gasteiger partial charge on any atom is 0.337 e. The SMILES string of the molecule is COC(=O)C1=C(Nc2cc(-c3ccccc3)ccc2OC)C(=O)N(CCO)C1. The van der Waals surface area contributed by atoms with Crippen LogP contribution in [0, 0.1) is 0 Å². The van der Waals surface area contributed by atoms with E-state index in [4.69, 9.17) is 9.47 Å². The Hall–Kier alpha value is -3.32. The zero-order chi connectivity index (χ0) is 20.1. The van der Waals surface area contributed by atoms with E-state index in [1.54, 1.807) is 6.07 Å². The molecule has 7 nitrogen and oxygen atoms in total. The normalized spacial score (nSPS) is 13.7. The molecule has 0 spiro atoms. The van der Waals surface area contributed by atoms with Crippen LogP contribution < -0.4 is 10.1 Å². The van der Waals surface area contributed by atoms with Crippen LogP contribution in [0.25, 0.3) is 11.1 Å². The molecule has 0 atom stereocenters. The summed E-state index contributed by atoms with van der Waals surface area (Å²) in [5, 5.41) is 12.2. The Morgan fingerprint density at radius 1 is 1.14 bits per heavy atom. The van der Waals surface area contributed by atoms with Gasteiger partial charge in [-0.1, -0.05) is 36.4 Å². The number of methoxy groups -OCH3 is 2. The molecular formula is C21H22N2O5. The number of hydrogen-bond donors (Lipinski definition) is 2. The Bertz CT molecular complexity index is 908. The smallest absolute Gasteiger partial charge is 0.337 e. The van der Waals surface area contributed by atoms with Crippen LogP contribution >= 0.6 is 0 Å². The average molecular weight is 382 g/mol. The van der Waals surface area contributed by atoms with E-state index >= 15 is 0 Å². The van der Waals surface area contributed by atoms with Gasteiger partial charge in [0, 0.05) is 6.54 Å². The number of carbonyl (C=O) groups excluding carboxylic acids is 2. The Labute approximate surface area is 163 Å². The lowest BCUT2D eigenvalue weighted by molar-refractivity contribution is -0.136. The van der Waals surface area contributed by atoms with Crippen LogP contribution in [-0.4, -0.2) is 55.8 Å². The topological polar surface area (TPSA) is 88.1 Å². The molecule has 3 rings (SSSR count). The molecule has 0 bridgehead atoms. The number of amides is 1. The van der Waals surface area contributed by atoms with Crippen molar-refractivity contribution in [1.29, 1.82) is 0 Å². The quantitative estimate of drug-likeness (QED) is 0.713. The van der Waals surface area contributed by atoms with Crippen molar-refractivity contribution in [3.05, 3.63) is 59.8 Å². The fourth-order valence-electron chi connectivity index (χ4n) is 3.10. The van der Waals surface area contributed by atoms with Gasteiger partial charge < -0.3 is 24.8 Å². The number of benzene rings is 2. The lowest BCUT2D eigenvalue weighted by Crippen LogP contribution is -2.31. The van der Waals surface area contributed by atoms with Crippen LogP contribution in [0.15, 0.2) is 59.8 Å². The maximum atomic E-state index is 12.7. The molecule has 28 heavy (non-hydrogen) atoms. The van der Waals surface area contributed by atoms with E-state index < -0.39 is 5.97 Å². The van der Waals surface area contributed by atoms with Gasteiger partial charge in [-0.25, -0.2) is 4.79 Å². The van der Waals surface area contributed by atoms with Crippen molar-refractivity contribution in [2.75, 3.05) is 39.2 Å². The van der Waals surface area contributed by atoms with Gasteiger partial charge in [0.1, 0.15) is 11.4 Å². The second kappa shape index (κ2) is 8.58. The van der Waals surface area contributed by atoms with E-state index in [1.165, 1.54) is 19.1 Å². The molecule has 0 radical (unpaired) electrons. The molecule has 0 aromatic heterocycles. The van der Waals surface area contributed by atoms with Crippen LogP contribution in [0.1, 0.15) is 0 Å². The van der Waals surface area contributed by atoms with Crippen molar-refractivity contribution in [3.8, 4) is 16.9 Å². The Kier molecular flexibility index (Phi) is 5.96. The number of nitrogens with one attached hydrogen (secondary N) is 1.